The van der Waals surface area contributed by atoms with Gasteiger partial charge in [0.1, 0.15) is 0 Å². The smallest absolute Gasteiger partial charge is 0.219 e. The summed E-state index contributed by atoms with van der Waals surface area (Å²) in [7, 11) is 0. The fourth-order valence-electron chi connectivity index (χ4n) is 1.90. The number of amides is 1. The largest absolute Gasteiger partial charge is 0.343 e. The number of carbonyl (C=O) groups is 1. The Hall–Kier alpha value is -0.480. The Morgan fingerprint density at radius 1 is 1.56 bits per heavy atom. The Morgan fingerprint density at radius 3 is 2.81 bits per heavy atom. The summed E-state index contributed by atoms with van der Waals surface area (Å²) in [5, 5.41) is 3.55. The van der Waals surface area contributed by atoms with Crippen molar-refractivity contribution in [1.29, 1.82) is 0 Å². The Morgan fingerprint density at radius 2 is 2.25 bits per heavy atom. The van der Waals surface area contributed by atoms with Crippen LogP contribution in [0.4, 0.5) is 0 Å². The fraction of sp³-hybridized carbons (Fsp3) is 0.750. The van der Waals surface area contributed by atoms with Crippen LogP contribution < -0.4 is 5.32 Å². The molecule has 1 heterocycles. The molecule has 1 aliphatic rings. The highest BCUT2D eigenvalue weighted by atomic mass is 32.2. The van der Waals surface area contributed by atoms with Gasteiger partial charge in [-0.1, -0.05) is 6.08 Å². The normalized spacial score (nSPS) is 17.4. The molecular formula is C12H22N2OS. The summed E-state index contributed by atoms with van der Waals surface area (Å²) in [5.74, 6) is 2.38. The highest BCUT2D eigenvalue weighted by Crippen LogP contribution is 2.10. The molecule has 0 atom stereocenters. The molecule has 1 fully saturated rings. The van der Waals surface area contributed by atoms with Crippen molar-refractivity contribution in [3.63, 3.8) is 0 Å². The van der Waals surface area contributed by atoms with E-state index in [0.29, 0.717) is 6.04 Å². The standard InChI is InChI=1S/C12H22N2OS/c1-3-9-16-10-6-13-12-4-7-14(8-5-12)11(2)15/h3,12-13H,1,4-10H2,2H3. The zero-order valence-corrected chi connectivity index (χ0v) is 10.9. The summed E-state index contributed by atoms with van der Waals surface area (Å²) in [6, 6.07) is 0.597. The SMILES string of the molecule is C=CCSCCNC1CCN(C(C)=O)CC1. The molecule has 0 bridgehead atoms. The van der Waals surface area contributed by atoms with Crippen LogP contribution in [0.15, 0.2) is 12.7 Å². The third-order valence-corrected chi connectivity index (χ3v) is 3.82. The van der Waals surface area contributed by atoms with E-state index in [0.717, 1.165) is 44.0 Å². The summed E-state index contributed by atoms with van der Waals surface area (Å²) in [5.41, 5.74) is 0. The lowest BCUT2D eigenvalue weighted by Crippen LogP contribution is -2.44. The number of nitrogens with one attached hydrogen (secondary N) is 1. The van der Waals surface area contributed by atoms with E-state index >= 15 is 0 Å². The number of nitrogens with zero attached hydrogens (tertiary/aromatic N) is 1. The molecule has 1 aliphatic heterocycles. The maximum absolute atomic E-state index is 11.1. The maximum Gasteiger partial charge on any atom is 0.219 e. The maximum atomic E-state index is 11.1. The van der Waals surface area contributed by atoms with Gasteiger partial charge in [0.15, 0.2) is 0 Å². The first-order valence-electron chi connectivity index (χ1n) is 5.91. The van der Waals surface area contributed by atoms with Crippen molar-refractivity contribution < 1.29 is 4.79 Å². The van der Waals surface area contributed by atoms with Gasteiger partial charge in [-0.2, -0.15) is 11.8 Å². The molecule has 0 spiro atoms. The molecule has 3 nitrogen and oxygen atoms in total. The summed E-state index contributed by atoms with van der Waals surface area (Å²) in [6.45, 7) is 8.22. The van der Waals surface area contributed by atoms with Crippen LogP contribution >= 0.6 is 11.8 Å². The highest BCUT2D eigenvalue weighted by molar-refractivity contribution is 7.99. The number of likely N-dealkylation sites (tertiary alicyclic amines) is 1. The van der Waals surface area contributed by atoms with Gasteiger partial charge in [0.25, 0.3) is 0 Å². The minimum Gasteiger partial charge on any atom is -0.343 e. The second-order valence-corrected chi connectivity index (χ2v) is 5.25. The Labute approximate surface area is 103 Å². The summed E-state index contributed by atoms with van der Waals surface area (Å²) < 4.78 is 0. The van der Waals surface area contributed by atoms with Crippen LogP contribution in [0.1, 0.15) is 19.8 Å². The quantitative estimate of drug-likeness (QED) is 0.566. The summed E-state index contributed by atoms with van der Waals surface area (Å²) >= 11 is 1.90. The Bertz CT molecular complexity index is 225. The van der Waals surface area contributed by atoms with E-state index < -0.39 is 0 Å². The predicted octanol–water partition coefficient (Wildman–Crippen LogP) is 1.51. The van der Waals surface area contributed by atoms with Crippen LogP contribution in [-0.2, 0) is 4.79 Å². The number of rotatable bonds is 6. The van der Waals surface area contributed by atoms with Crippen molar-refractivity contribution in [3.05, 3.63) is 12.7 Å². The van der Waals surface area contributed by atoms with Gasteiger partial charge in [-0.15, -0.1) is 6.58 Å². The van der Waals surface area contributed by atoms with E-state index in [4.69, 9.17) is 0 Å². The Balaban J connectivity index is 2.03. The van der Waals surface area contributed by atoms with Crippen LogP contribution in [0.2, 0.25) is 0 Å². The van der Waals surface area contributed by atoms with Crippen molar-refractivity contribution in [1.82, 2.24) is 10.2 Å². The van der Waals surface area contributed by atoms with Crippen molar-refractivity contribution >= 4 is 17.7 Å². The van der Waals surface area contributed by atoms with Crippen LogP contribution in [0.5, 0.6) is 0 Å². The van der Waals surface area contributed by atoms with E-state index in [1.54, 1.807) is 6.92 Å². The molecule has 0 saturated carbocycles. The number of piperidine rings is 1. The van der Waals surface area contributed by atoms with Gasteiger partial charge < -0.3 is 10.2 Å². The van der Waals surface area contributed by atoms with Crippen molar-refractivity contribution in [3.8, 4) is 0 Å². The van der Waals surface area contributed by atoms with E-state index in [2.05, 4.69) is 11.9 Å². The van der Waals surface area contributed by atoms with Crippen LogP contribution in [0.3, 0.4) is 0 Å². The monoisotopic (exact) mass is 242 g/mol. The molecule has 1 amide bonds. The van der Waals surface area contributed by atoms with Gasteiger partial charge in [0.2, 0.25) is 5.91 Å². The van der Waals surface area contributed by atoms with E-state index in [9.17, 15) is 4.79 Å². The number of hydrogen-bond donors (Lipinski definition) is 1. The molecular weight excluding hydrogens is 220 g/mol. The molecule has 0 aliphatic carbocycles. The molecule has 0 aromatic carbocycles. The van der Waals surface area contributed by atoms with Crippen molar-refractivity contribution in [2.45, 2.75) is 25.8 Å². The minimum atomic E-state index is 0.208. The minimum absolute atomic E-state index is 0.208. The first-order valence-corrected chi connectivity index (χ1v) is 7.07. The van der Waals surface area contributed by atoms with Gasteiger partial charge in [0.05, 0.1) is 0 Å². The van der Waals surface area contributed by atoms with Crippen molar-refractivity contribution in [2.75, 3.05) is 31.1 Å². The molecule has 1 saturated heterocycles. The first kappa shape index (κ1) is 13.6. The van der Waals surface area contributed by atoms with Crippen LogP contribution in [0, 0.1) is 0 Å². The van der Waals surface area contributed by atoms with Crippen LogP contribution in [-0.4, -0.2) is 48.0 Å². The lowest BCUT2D eigenvalue weighted by Gasteiger charge is -2.31. The fourth-order valence-corrected chi connectivity index (χ4v) is 2.50. The zero-order chi connectivity index (χ0) is 11.8. The van der Waals surface area contributed by atoms with Gasteiger partial charge in [-0.3, -0.25) is 4.79 Å². The molecule has 4 heteroatoms. The van der Waals surface area contributed by atoms with Gasteiger partial charge >= 0.3 is 0 Å². The van der Waals surface area contributed by atoms with Gasteiger partial charge in [-0.25, -0.2) is 0 Å². The molecule has 92 valence electrons. The highest BCUT2D eigenvalue weighted by Gasteiger charge is 2.19. The summed E-state index contributed by atoms with van der Waals surface area (Å²) in [4.78, 5) is 13.1. The van der Waals surface area contributed by atoms with E-state index in [-0.39, 0.29) is 5.91 Å². The molecule has 0 unspecified atom stereocenters. The lowest BCUT2D eigenvalue weighted by molar-refractivity contribution is -0.129. The van der Waals surface area contributed by atoms with E-state index in [1.165, 1.54) is 0 Å². The first-order chi connectivity index (χ1) is 7.74. The topological polar surface area (TPSA) is 32.3 Å². The van der Waals surface area contributed by atoms with E-state index in [1.807, 2.05) is 22.7 Å². The zero-order valence-electron chi connectivity index (χ0n) is 10.1. The summed E-state index contributed by atoms with van der Waals surface area (Å²) in [6.07, 6.45) is 4.12. The third kappa shape index (κ3) is 5.03. The number of carbonyl (C=O) groups excluding carboxylic acids is 1. The molecule has 1 N–H and O–H groups in total. The average molecular weight is 242 g/mol. The second kappa shape index (κ2) is 7.74. The Kier molecular flexibility index (Phi) is 6.57. The molecule has 0 radical (unpaired) electrons. The molecule has 16 heavy (non-hydrogen) atoms. The van der Waals surface area contributed by atoms with Crippen LogP contribution in [0.25, 0.3) is 0 Å². The number of hydrogen-bond acceptors (Lipinski definition) is 3. The number of thioether (sulfide) groups is 1. The van der Waals surface area contributed by atoms with Gasteiger partial charge in [-0.05, 0) is 12.8 Å². The van der Waals surface area contributed by atoms with Gasteiger partial charge in [0, 0.05) is 44.1 Å². The van der Waals surface area contributed by atoms with Crippen molar-refractivity contribution in [2.24, 2.45) is 0 Å². The lowest BCUT2D eigenvalue weighted by atomic mass is 10.1. The third-order valence-electron chi connectivity index (χ3n) is 2.86. The molecule has 0 aromatic heterocycles. The molecule has 0 aromatic rings. The second-order valence-electron chi connectivity index (χ2n) is 4.10. The average Bonchev–Trinajstić information content (AvgIpc) is 2.29. The predicted molar refractivity (Wildman–Crippen MR) is 70.8 cm³/mol. The molecule has 1 rings (SSSR count).